The van der Waals surface area contributed by atoms with Gasteiger partial charge >= 0.3 is 0 Å². The van der Waals surface area contributed by atoms with Gasteiger partial charge in [0, 0.05) is 19.8 Å². The molecule has 5 heteroatoms. The molecule has 1 amide bonds. The van der Waals surface area contributed by atoms with Gasteiger partial charge < -0.3 is 9.80 Å². The number of pyridine rings is 1. The third-order valence-corrected chi connectivity index (χ3v) is 5.58. The van der Waals surface area contributed by atoms with Crippen LogP contribution in [0.1, 0.15) is 30.5 Å². The number of rotatable bonds is 0. The zero-order valence-electron chi connectivity index (χ0n) is 13.6. The van der Waals surface area contributed by atoms with Crippen LogP contribution in [0.4, 0.5) is 5.69 Å². The number of anilines is 1. The Morgan fingerprint density at radius 2 is 2.09 bits per heavy atom. The van der Waals surface area contributed by atoms with E-state index >= 15 is 0 Å². The number of halogens is 1. The topological polar surface area (TPSA) is 36.4 Å². The molecule has 0 spiro atoms. The summed E-state index contributed by atoms with van der Waals surface area (Å²) < 4.78 is 0. The molecule has 1 unspecified atom stereocenters. The molecule has 0 aliphatic carbocycles. The quantitative estimate of drug-likeness (QED) is 0.737. The van der Waals surface area contributed by atoms with Crippen LogP contribution >= 0.6 is 11.6 Å². The summed E-state index contributed by atoms with van der Waals surface area (Å²) in [5, 5.41) is 0.634. The number of aryl methyl sites for hydroxylation is 1. The van der Waals surface area contributed by atoms with Gasteiger partial charge in [0.2, 0.25) is 5.91 Å². The van der Waals surface area contributed by atoms with Gasteiger partial charge in [0.25, 0.3) is 0 Å². The molecule has 1 aromatic rings. The average molecular weight is 322 g/mol. The van der Waals surface area contributed by atoms with Crippen LogP contribution in [0.2, 0.25) is 5.02 Å². The van der Waals surface area contributed by atoms with Gasteiger partial charge in [-0.05, 0) is 57.7 Å². The summed E-state index contributed by atoms with van der Waals surface area (Å²) in [6, 6.07) is 0. The molecule has 1 aromatic heterocycles. The lowest BCUT2D eigenvalue weighted by Crippen LogP contribution is -2.38. The number of aromatic nitrogens is 1. The molecule has 120 valence electrons. The summed E-state index contributed by atoms with van der Waals surface area (Å²) in [5.74, 6) is 0.886. The van der Waals surface area contributed by atoms with Gasteiger partial charge in [0.1, 0.15) is 0 Å². The first kappa shape index (κ1) is 15.8. The van der Waals surface area contributed by atoms with Crippen molar-refractivity contribution in [1.29, 1.82) is 0 Å². The smallest absolute Gasteiger partial charge is 0.231 e. The van der Waals surface area contributed by atoms with Crippen molar-refractivity contribution in [3.63, 3.8) is 0 Å². The van der Waals surface area contributed by atoms with Gasteiger partial charge in [-0.2, -0.15) is 0 Å². The maximum absolute atomic E-state index is 13.0. The predicted molar refractivity (Wildman–Crippen MR) is 89.4 cm³/mol. The van der Waals surface area contributed by atoms with E-state index in [2.05, 4.69) is 16.9 Å². The van der Waals surface area contributed by atoms with E-state index < -0.39 is 0 Å². The Hall–Kier alpha value is -1.13. The number of carbonyl (C=O) groups excluding carboxylic acids is 1. The van der Waals surface area contributed by atoms with Gasteiger partial charge in [0.05, 0.1) is 22.3 Å². The van der Waals surface area contributed by atoms with Crippen LogP contribution in [-0.2, 0) is 11.2 Å². The van der Waals surface area contributed by atoms with Crippen molar-refractivity contribution in [2.75, 3.05) is 32.1 Å². The second-order valence-electron chi connectivity index (χ2n) is 6.81. The van der Waals surface area contributed by atoms with Gasteiger partial charge in [-0.1, -0.05) is 11.6 Å². The standard InChI is InChI=1S/C17H24ClN3O/c1-11-14(18)9-19-15-5-4-12-6-7-20(2)10-13(8-12)17(22)21(3)16(11)15/h9,12-13H,4-8,10H2,1-3H3/t12?,13-/m1/s1. The molecule has 2 aliphatic heterocycles. The molecule has 1 saturated heterocycles. The van der Waals surface area contributed by atoms with Crippen molar-refractivity contribution in [1.82, 2.24) is 9.88 Å². The largest absolute Gasteiger partial charge is 0.313 e. The maximum atomic E-state index is 13.0. The molecule has 22 heavy (non-hydrogen) atoms. The minimum Gasteiger partial charge on any atom is -0.313 e. The van der Waals surface area contributed by atoms with Crippen molar-refractivity contribution in [2.24, 2.45) is 11.8 Å². The number of hydrogen-bond acceptors (Lipinski definition) is 3. The second-order valence-corrected chi connectivity index (χ2v) is 7.22. The first-order valence-electron chi connectivity index (χ1n) is 8.07. The lowest BCUT2D eigenvalue weighted by atomic mass is 9.89. The Balaban J connectivity index is 2.04. The van der Waals surface area contributed by atoms with Crippen LogP contribution in [0.15, 0.2) is 6.20 Å². The van der Waals surface area contributed by atoms with E-state index in [-0.39, 0.29) is 11.8 Å². The first-order chi connectivity index (χ1) is 10.5. The van der Waals surface area contributed by atoms with Crippen molar-refractivity contribution in [3.05, 3.63) is 22.5 Å². The molecule has 0 N–H and O–H groups in total. The predicted octanol–water partition coefficient (Wildman–Crippen LogP) is 2.91. The summed E-state index contributed by atoms with van der Waals surface area (Å²) in [6.07, 6.45) is 5.91. The van der Waals surface area contributed by atoms with Crippen LogP contribution in [0.5, 0.6) is 0 Å². The van der Waals surface area contributed by atoms with Gasteiger partial charge in [-0.3, -0.25) is 9.78 Å². The van der Waals surface area contributed by atoms with Crippen molar-refractivity contribution in [3.8, 4) is 0 Å². The zero-order chi connectivity index (χ0) is 15.9. The minimum atomic E-state index is 0.0758. The normalized spacial score (nSPS) is 26.7. The lowest BCUT2D eigenvalue weighted by Gasteiger charge is -2.27. The number of nitrogens with zero attached hydrogens (tertiary/aromatic N) is 3. The number of fused-ring (bicyclic) bond motifs is 3. The number of amides is 1. The molecule has 0 aromatic carbocycles. The Morgan fingerprint density at radius 3 is 2.86 bits per heavy atom. The van der Waals surface area contributed by atoms with E-state index in [1.54, 1.807) is 11.1 Å². The molecule has 2 atom stereocenters. The summed E-state index contributed by atoms with van der Waals surface area (Å²) in [5.41, 5.74) is 2.90. The highest BCUT2D eigenvalue weighted by atomic mass is 35.5. The molecule has 0 radical (unpaired) electrons. The van der Waals surface area contributed by atoms with Crippen molar-refractivity contribution in [2.45, 2.75) is 32.6 Å². The van der Waals surface area contributed by atoms with Gasteiger partial charge in [-0.25, -0.2) is 0 Å². The first-order valence-corrected chi connectivity index (χ1v) is 8.45. The lowest BCUT2D eigenvalue weighted by molar-refractivity contribution is -0.122. The van der Waals surface area contributed by atoms with Gasteiger partial charge in [0.15, 0.2) is 0 Å². The summed E-state index contributed by atoms with van der Waals surface area (Å²) in [6.45, 7) is 3.91. The van der Waals surface area contributed by atoms with E-state index in [0.717, 1.165) is 49.3 Å². The fourth-order valence-corrected chi connectivity index (χ4v) is 4.02. The van der Waals surface area contributed by atoms with Crippen molar-refractivity contribution >= 4 is 23.2 Å². The highest BCUT2D eigenvalue weighted by molar-refractivity contribution is 6.31. The van der Waals surface area contributed by atoms with Crippen LogP contribution in [-0.4, -0.2) is 43.0 Å². The van der Waals surface area contributed by atoms with E-state index in [0.29, 0.717) is 10.9 Å². The SMILES string of the molecule is Cc1c(Cl)cnc2c1N(C)C(=O)[C@@H]1CC(CC2)CCN(C)C1. The van der Waals surface area contributed by atoms with E-state index in [1.165, 1.54) is 6.42 Å². The maximum Gasteiger partial charge on any atom is 0.231 e. The van der Waals surface area contributed by atoms with Crippen LogP contribution in [0.3, 0.4) is 0 Å². The number of hydrogen-bond donors (Lipinski definition) is 0. The Kier molecular flexibility index (Phi) is 4.42. The molecule has 0 saturated carbocycles. The van der Waals surface area contributed by atoms with E-state index in [4.69, 9.17) is 11.6 Å². The molecule has 2 bridgehead atoms. The Labute approximate surface area is 137 Å². The fourth-order valence-electron chi connectivity index (χ4n) is 3.88. The molecule has 3 heterocycles. The van der Waals surface area contributed by atoms with E-state index in [1.807, 2.05) is 14.0 Å². The van der Waals surface area contributed by atoms with Crippen LogP contribution in [0, 0.1) is 18.8 Å². The molecular weight excluding hydrogens is 298 g/mol. The highest BCUT2D eigenvalue weighted by Gasteiger charge is 2.33. The average Bonchev–Trinajstić information content (AvgIpc) is 2.66. The summed E-state index contributed by atoms with van der Waals surface area (Å²) in [7, 11) is 3.99. The summed E-state index contributed by atoms with van der Waals surface area (Å²) in [4.78, 5) is 21.6. The molecular formula is C17H24ClN3O. The second kappa shape index (κ2) is 6.17. The Bertz CT molecular complexity index is 590. The highest BCUT2D eigenvalue weighted by Crippen LogP contribution is 2.35. The molecule has 2 aliphatic rings. The minimum absolute atomic E-state index is 0.0758. The molecule has 1 fully saturated rings. The molecule has 3 rings (SSSR count). The third-order valence-electron chi connectivity index (χ3n) is 5.19. The molecule has 4 nitrogen and oxygen atoms in total. The fraction of sp³-hybridized carbons (Fsp3) is 0.647. The third kappa shape index (κ3) is 2.86. The monoisotopic (exact) mass is 321 g/mol. The van der Waals surface area contributed by atoms with E-state index in [9.17, 15) is 4.79 Å². The van der Waals surface area contributed by atoms with Crippen LogP contribution in [0.25, 0.3) is 0 Å². The summed E-state index contributed by atoms with van der Waals surface area (Å²) >= 11 is 6.25. The zero-order valence-corrected chi connectivity index (χ0v) is 14.4. The number of carbonyl (C=O) groups is 1. The van der Waals surface area contributed by atoms with Crippen LogP contribution < -0.4 is 4.90 Å². The van der Waals surface area contributed by atoms with Gasteiger partial charge in [-0.15, -0.1) is 0 Å². The van der Waals surface area contributed by atoms with Crippen molar-refractivity contribution < 1.29 is 4.79 Å². The number of likely N-dealkylation sites (tertiary alicyclic amines) is 1. The Morgan fingerprint density at radius 1 is 1.32 bits per heavy atom.